The molecule has 0 N–H and O–H groups in total. The lowest BCUT2D eigenvalue weighted by Gasteiger charge is -2.30. The van der Waals surface area contributed by atoms with Crippen LogP contribution in [0.5, 0.6) is 0 Å². The Morgan fingerprint density at radius 3 is 1.74 bits per heavy atom. The molecule has 1 aliphatic heterocycles. The summed E-state index contributed by atoms with van der Waals surface area (Å²) < 4.78 is 1.99. The predicted octanol–water partition coefficient (Wildman–Crippen LogP) is 4.88. The number of amides is 1. The predicted molar refractivity (Wildman–Crippen MR) is 127 cm³/mol. The van der Waals surface area contributed by atoms with Crippen LogP contribution in [0, 0.1) is 0 Å². The fourth-order valence-electron chi connectivity index (χ4n) is 3.62. The van der Waals surface area contributed by atoms with Crippen LogP contribution < -0.4 is 0 Å². The molecule has 5 heteroatoms. The summed E-state index contributed by atoms with van der Waals surface area (Å²) in [5.74, 6) is 0.0614. The number of ketones is 1. The maximum atomic E-state index is 13.2. The molecule has 1 aromatic heterocycles. The van der Waals surface area contributed by atoms with Gasteiger partial charge in [-0.1, -0.05) is 60.7 Å². The second kappa shape index (κ2) is 10.6. The number of aryl methyl sites for hydroxylation is 1. The van der Waals surface area contributed by atoms with E-state index in [4.69, 9.17) is 0 Å². The zero-order valence-corrected chi connectivity index (χ0v) is 18.0. The third-order valence-corrected chi connectivity index (χ3v) is 5.19. The molecule has 1 saturated heterocycles. The van der Waals surface area contributed by atoms with Crippen molar-refractivity contribution < 1.29 is 9.59 Å². The minimum atomic E-state index is 0. The number of aromatic nitrogens is 1. The largest absolute Gasteiger partial charge is 0.354 e. The zero-order chi connectivity index (χ0) is 20.8. The number of rotatable bonds is 5. The Morgan fingerprint density at radius 2 is 1.26 bits per heavy atom. The molecule has 1 fully saturated rings. The summed E-state index contributed by atoms with van der Waals surface area (Å²) in [5.41, 5.74) is 3.20. The van der Waals surface area contributed by atoms with Gasteiger partial charge in [0, 0.05) is 49.6 Å². The molecule has 1 aliphatic rings. The lowest BCUT2D eigenvalue weighted by Crippen LogP contribution is -2.41. The summed E-state index contributed by atoms with van der Waals surface area (Å²) in [7, 11) is 0. The smallest absolute Gasteiger partial charge is 0.224 e. The first-order valence-corrected chi connectivity index (χ1v) is 10.1. The highest BCUT2D eigenvalue weighted by Gasteiger charge is 2.28. The number of halogens is 1. The highest BCUT2D eigenvalue weighted by molar-refractivity contribution is 6.15. The minimum absolute atomic E-state index is 0. The molecule has 0 saturated carbocycles. The van der Waals surface area contributed by atoms with Crippen molar-refractivity contribution in [1.29, 1.82) is 0 Å². The highest BCUT2D eigenvalue weighted by Crippen LogP contribution is 2.23. The molecule has 158 valence electrons. The fraction of sp³-hybridized carbons (Fsp3) is 0.154. The van der Waals surface area contributed by atoms with Crippen LogP contribution in [0.4, 0.5) is 0 Å². The van der Waals surface area contributed by atoms with Crippen LogP contribution in [0.1, 0.15) is 17.5 Å². The fourth-order valence-corrected chi connectivity index (χ4v) is 3.62. The van der Waals surface area contributed by atoms with Crippen LogP contribution in [0.3, 0.4) is 0 Å². The van der Waals surface area contributed by atoms with E-state index < -0.39 is 0 Å². The van der Waals surface area contributed by atoms with Crippen LogP contribution in [-0.4, -0.2) is 34.2 Å². The first kappa shape index (κ1) is 22.3. The molecule has 0 aliphatic carbocycles. The van der Waals surface area contributed by atoms with E-state index in [2.05, 4.69) is 0 Å². The lowest BCUT2D eigenvalue weighted by atomic mass is 9.94. The van der Waals surface area contributed by atoms with Crippen molar-refractivity contribution in [2.24, 2.45) is 0 Å². The molecule has 4 nitrogen and oxygen atoms in total. The third-order valence-electron chi connectivity index (χ3n) is 5.19. The Hall–Kier alpha value is -3.37. The Balaban J connectivity index is 0.00000272. The van der Waals surface area contributed by atoms with Crippen LogP contribution in [0.25, 0.3) is 12.2 Å². The molecule has 0 atom stereocenters. The quantitative estimate of drug-likeness (QED) is 0.539. The molecular weight excluding hydrogens is 408 g/mol. The number of benzene rings is 2. The Bertz CT molecular complexity index is 1010. The first-order valence-electron chi connectivity index (χ1n) is 10.1. The van der Waals surface area contributed by atoms with E-state index in [0.29, 0.717) is 37.2 Å². The number of hydrogen-bond donors (Lipinski definition) is 0. The average molecular weight is 433 g/mol. The zero-order valence-electron chi connectivity index (χ0n) is 17.2. The first-order chi connectivity index (χ1) is 14.7. The normalized spacial score (nSPS) is 16.4. The Labute approximate surface area is 188 Å². The molecule has 3 aromatic rings. The van der Waals surface area contributed by atoms with Crippen LogP contribution >= 0.6 is 12.4 Å². The maximum Gasteiger partial charge on any atom is 0.224 e. The third kappa shape index (κ3) is 5.83. The van der Waals surface area contributed by atoms with Crippen molar-refractivity contribution in [3.05, 3.63) is 107 Å². The Kier molecular flexibility index (Phi) is 7.63. The molecule has 0 unspecified atom stereocenters. The molecule has 2 heterocycles. The van der Waals surface area contributed by atoms with E-state index in [-0.39, 0.29) is 24.1 Å². The molecule has 4 rings (SSSR count). The van der Waals surface area contributed by atoms with Gasteiger partial charge in [0.1, 0.15) is 0 Å². The number of likely N-dealkylation sites (tertiary alicyclic amines) is 1. The van der Waals surface area contributed by atoms with Crippen molar-refractivity contribution >= 4 is 36.2 Å². The monoisotopic (exact) mass is 432 g/mol. The second-order valence-corrected chi connectivity index (χ2v) is 7.41. The van der Waals surface area contributed by atoms with Gasteiger partial charge in [-0.05, 0) is 35.4 Å². The van der Waals surface area contributed by atoms with E-state index in [1.807, 2.05) is 102 Å². The number of carbonyl (C=O) groups is 2. The molecule has 2 aromatic carbocycles. The van der Waals surface area contributed by atoms with E-state index in [1.54, 1.807) is 4.90 Å². The van der Waals surface area contributed by atoms with E-state index in [9.17, 15) is 9.59 Å². The van der Waals surface area contributed by atoms with Crippen molar-refractivity contribution in [1.82, 2.24) is 9.47 Å². The van der Waals surface area contributed by atoms with Gasteiger partial charge < -0.3 is 9.47 Å². The van der Waals surface area contributed by atoms with Gasteiger partial charge in [-0.25, -0.2) is 0 Å². The maximum absolute atomic E-state index is 13.2. The van der Waals surface area contributed by atoms with E-state index in [0.717, 1.165) is 11.1 Å². The second-order valence-electron chi connectivity index (χ2n) is 7.41. The van der Waals surface area contributed by atoms with Gasteiger partial charge >= 0.3 is 0 Å². The van der Waals surface area contributed by atoms with Crippen LogP contribution in [0.2, 0.25) is 0 Å². The van der Waals surface area contributed by atoms with Crippen molar-refractivity contribution in [2.75, 3.05) is 13.1 Å². The average Bonchev–Trinajstić information content (AvgIpc) is 3.30. The number of piperidine rings is 1. The number of hydrogen-bond acceptors (Lipinski definition) is 2. The molecule has 1 amide bonds. The van der Waals surface area contributed by atoms with Crippen molar-refractivity contribution in [3.8, 4) is 0 Å². The molecule has 31 heavy (non-hydrogen) atoms. The summed E-state index contributed by atoms with van der Waals surface area (Å²) in [6.45, 7) is 1.31. The van der Waals surface area contributed by atoms with E-state index in [1.165, 1.54) is 0 Å². The van der Waals surface area contributed by atoms with Crippen LogP contribution in [0.15, 0.2) is 96.3 Å². The van der Waals surface area contributed by atoms with Gasteiger partial charge in [0.15, 0.2) is 5.78 Å². The highest BCUT2D eigenvalue weighted by atomic mass is 35.5. The van der Waals surface area contributed by atoms with Crippen LogP contribution in [-0.2, 0) is 16.1 Å². The summed E-state index contributed by atoms with van der Waals surface area (Å²) >= 11 is 0. The topological polar surface area (TPSA) is 42.3 Å². The Morgan fingerprint density at radius 1 is 0.774 bits per heavy atom. The number of Topliss-reactive ketones (excluding diaryl/α,β-unsaturated/α-hetero) is 1. The van der Waals surface area contributed by atoms with Gasteiger partial charge in [0.25, 0.3) is 0 Å². The molecule has 0 bridgehead atoms. The summed E-state index contributed by atoms with van der Waals surface area (Å²) in [5, 5.41) is 0. The summed E-state index contributed by atoms with van der Waals surface area (Å²) in [6.07, 6.45) is 8.10. The number of nitrogens with zero attached hydrogens (tertiary/aromatic N) is 2. The van der Waals surface area contributed by atoms with Gasteiger partial charge in [-0.2, -0.15) is 0 Å². The van der Waals surface area contributed by atoms with Gasteiger partial charge in [-0.15, -0.1) is 12.4 Å². The van der Waals surface area contributed by atoms with Gasteiger partial charge in [0.2, 0.25) is 5.91 Å². The summed E-state index contributed by atoms with van der Waals surface area (Å²) in [6, 6.07) is 23.4. The standard InChI is InChI=1S/C26H24N2O2.ClH/c29-25(13-16-27-14-7-8-15-27)28-19-23(17-21-9-3-1-4-10-21)26(30)24(20-28)18-22-11-5-2-6-12-22;/h1-12,14-15,17-18H,13,16,19-20H2;1H/b23-17-,24-18+;. The van der Waals surface area contributed by atoms with Gasteiger partial charge in [-0.3, -0.25) is 9.59 Å². The number of carbonyl (C=O) groups excluding carboxylic acids is 2. The van der Waals surface area contributed by atoms with Crippen molar-refractivity contribution in [2.45, 2.75) is 13.0 Å². The molecule has 0 spiro atoms. The van der Waals surface area contributed by atoms with Crippen molar-refractivity contribution in [3.63, 3.8) is 0 Å². The van der Waals surface area contributed by atoms with E-state index >= 15 is 0 Å². The minimum Gasteiger partial charge on any atom is -0.354 e. The molecule has 0 radical (unpaired) electrons. The van der Waals surface area contributed by atoms with Gasteiger partial charge in [0.05, 0.1) is 0 Å². The molecular formula is C26H25ClN2O2. The summed E-state index contributed by atoms with van der Waals surface area (Å²) in [4.78, 5) is 27.9. The SMILES string of the molecule is Cl.O=C1/C(=C\c2ccccc2)CN(C(=O)CCn2cccc2)C/C1=C\c1ccccc1. The lowest BCUT2D eigenvalue weighted by molar-refractivity contribution is -0.131.